The summed E-state index contributed by atoms with van der Waals surface area (Å²) in [5.74, 6) is 6.11. The number of benzene rings is 2. The summed E-state index contributed by atoms with van der Waals surface area (Å²) in [6.45, 7) is 0. The van der Waals surface area contributed by atoms with E-state index in [4.69, 9.17) is 5.84 Å². The molecular weight excluding hydrogens is 331 g/mol. The molecule has 2 aromatic carbocycles. The van der Waals surface area contributed by atoms with Gasteiger partial charge in [-0.15, -0.1) is 0 Å². The number of rotatable bonds is 4. The number of hydrazine groups is 1. The highest BCUT2D eigenvalue weighted by atomic mass is 79.9. The van der Waals surface area contributed by atoms with Crippen LogP contribution in [0.25, 0.3) is 0 Å². The van der Waals surface area contributed by atoms with Gasteiger partial charge in [0.15, 0.2) is 0 Å². The molecule has 0 amide bonds. The average Bonchev–Trinajstić information content (AvgIpc) is 2.43. The third-order valence-corrected chi connectivity index (χ3v) is 4.93. The van der Waals surface area contributed by atoms with Crippen molar-refractivity contribution in [3.63, 3.8) is 0 Å². The summed E-state index contributed by atoms with van der Waals surface area (Å²) in [5.41, 5.74) is 6.03. The highest BCUT2D eigenvalue weighted by Gasteiger charge is 2.20. The maximum absolute atomic E-state index is 13.7. The fraction of sp³-hybridized carbons (Fsp3) is 0.294. The maximum Gasteiger partial charge on any atom is 0.137 e. The summed E-state index contributed by atoms with van der Waals surface area (Å²) in [6, 6.07) is 13.4. The van der Waals surface area contributed by atoms with Gasteiger partial charge >= 0.3 is 0 Å². The minimum atomic E-state index is -0.279. The molecule has 110 valence electrons. The zero-order chi connectivity index (χ0) is 14.8. The molecule has 1 atom stereocenters. The van der Waals surface area contributed by atoms with Crippen LogP contribution in [0.2, 0.25) is 0 Å². The van der Waals surface area contributed by atoms with Gasteiger partial charge < -0.3 is 0 Å². The monoisotopic (exact) mass is 348 g/mol. The Kier molecular flexibility index (Phi) is 4.38. The zero-order valence-electron chi connectivity index (χ0n) is 11.7. The first kappa shape index (κ1) is 14.7. The minimum Gasteiger partial charge on any atom is -0.271 e. The lowest BCUT2D eigenvalue weighted by Gasteiger charge is -2.26. The lowest BCUT2D eigenvalue weighted by atomic mass is 9.79. The van der Waals surface area contributed by atoms with E-state index in [1.807, 2.05) is 6.07 Å². The summed E-state index contributed by atoms with van der Waals surface area (Å²) in [4.78, 5) is 0. The van der Waals surface area contributed by atoms with Crippen molar-refractivity contribution in [1.29, 1.82) is 0 Å². The highest BCUT2D eigenvalue weighted by Crippen LogP contribution is 2.36. The molecule has 2 aromatic rings. The Bertz CT molecular complexity index is 623. The van der Waals surface area contributed by atoms with Gasteiger partial charge in [0.1, 0.15) is 5.82 Å². The van der Waals surface area contributed by atoms with E-state index in [1.54, 1.807) is 6.07 Å². The van der Waals surface area contributed by atoms with Crippen molar-refractivity contribution in [3.05, 3.63) is 69.4 Å². The molecule has 1 saturated carbocycles. The van der Waals surface area contributed by atoms with Crippen LogP contribution in [-0.4, -0.2) is 0 Å². The summed E-state index contributed by atoms with van der Waals surface area (Å²) >= 11 is 3.17. The third-order valence-electron chi connectivity index (χ3n) is 4.29. The van der Waals surface area contributed by atoms with E-state index >= 15 is 0 Å². The van der Waals surface area contributed by atoms with Gasteiger partial charge in [0.2, 0.25) is 0 Å². The van der Waals surface area contributed by atoms with Crippen LogP contribution < -0.4 is 11.3 Å². The lowest BCUT2D eigenvalue weighted by molar-refractivity contribution is 0.419. The fourth-order valence-electron chi connectivity index (χ4n) is 2.78. The largest absolute Gasteiger partial charge is 0.271 e. The molecule has 0 spiro atoms. The van der Waals surface area contributed by atoms with Crippen molar-refractivity contribution in [2.24, 2.45) is 5.84 Å². The Hall–Kier alpha value is -1.23. The Morgan fingerprint density at radius 3 is 2.29 bits per heavy atom. The van der Waals surface area contributed by atoms with Crippen LogP contribution in [0.4, 0.5) is 4.39 Å². The van der Waals surface area contributed by atoms with Crippen LogP contribution in [0, 0.1) is 5.82 Å². The molecule has 4 heteroatoms. The van der Waals surface area contributed by atoms with E-state index in [9.17, 15) is 4.39 Å². The van der Waals surface area contributed by atoms with Gasteiger partial charge in [-0.2, -0.15) is 0 Å². The topological polar surface area (TPSA) is 38.0 Å². The van der Waals surface area contributed by atoms with Gasteiger partial charge in [-0.05, 0) is 63.5 Å². The second-order valence-corrected chi connectivity index (χ2v) is 6.42. The second kappa shape index (κ2) is 6.26. The molecule has 1 unspecified atom stereocenters. The summed E-state index contributed by atoms with van der Waals surface area (Å²) in [7, 11) is 0. The Labute approximate surface area is 132 Å². The predicted molar refractivity (Wildman–Crippen MR) is 86.3 cm³/mol. The van der Waals surface area contributed by atoms with Crippen LogP contribution in [0.15, 0.2) is 46.9 Å². The molecule has 3 N–H and O–H groups in total. The van der Waals surface area contributed by atoms with E-state index in [0.717, 1.165) is 11.1 Å². The molecule has 1 aliphatic rings. The van der Waals surface area contributed by atoms with Crippen LogP contribution in [-0.2, 0) is 0 Å². The van der Waals surface area contributed by atoms with Gasteiger partial charge in [-0.3, -0.25) is 5.84 Å². The first-order valence-corrected chi connectivity index (χ1v) is 7.99. The molecule has 0 aliphatic heterocycles. The molecule has 0 radical (unpaired) electrons. The van der Waals surface area contributed by atoms with Crippen LogP contribution in [0.5, 0.6) is 0 Å². The van der Waals surface area contributed by atoms with E-state index in [0.29, 0.717) is 10.4 Å². The SMILES string of the molecule is NNC(c1ccc(C2CCC2)cc1)c1ccc(Br)c(F)c1. The summed E-state index contributed by atoms with van der Waals surface area (Å²) < 4.78 is 14.2. The van der Waals surface area contributed by atoms with E-state index < -0.39 is 0 Å². The van der Waals surface area contributed by atoms with Gasteiger partial charge in [0.05, 0.1) is 10.5 Å². The van der Waals surface area contributed by atoms with Crippen molar-refractivity contribution in [2.45, 2.75) is 31.2 Å². The third kappa shape index (κ3) is 3.03. The van der Waals surface area contributed by atoms with Crippen LogP contribution in [0.3, 0.4) is 0 Å². The molecule has 3 rings (SSSR count). The molecule has 21 heavy (non-hydrogen) atoms. The first-order chi connectivity index (χ1) is 10.2. The fourth-order valence-corrected chi connectivity index (χ4v) is 3.03. The standard InChI is InChI=1S/C17H18BrFN2/c18-15-9-8-14(10-16(15)19)17(21-20)13-6-4-12(5-7-13)11-2-1-3-11/h4-11,17,21H,1-3,20H2. The molecular formula is C17H18BrFN2. The van der Waals surface area contributed by atoms with Crippen molar-refractivity contribution < 1.29 is 4.39 Å². The molecule has 0 bridgehead atoms. The van der Waals surface area contributed by atoms with Gasteiger partial charge in [0.25, 0.3) is 0 Å². The molecule has 0 heterocycles. The quantitative estimate of drug-likeness (QED) is 0.634. The van der Waals surface area contributed by atoms with Crippen molar-refractivity contribution in [2.75, 3.05) is 0 Å². The number of hydrogen-bond donors (Lipinski definition) is 2. The number of nitrogens with one attached hydrogen (secondary N) is 1. The average molecular weight is 349 g/mol. The molecule has 2 nitrogen and oxygen atoms in total. The smallest absolute Gasteiger partial charge is 0.137 e. The van der Waals surface area contributed by atoms with Crippen molar-refractivity contribution >= 4 is 15.9 Å². The second-order valence-electron chi connectivity index (χ2n) is 5.57. The number of halogens is 2. The van der Waals surface area contributed by atoms with E-state index in [2.05, 4.69) is 45.6 Å². The van der Waals surface area contributed by atoms with Gasteiger partial charge in [0, 0.05) is 0 Å². The zero-order valence-corrected chi connectivity index (χ0v) is 13.2. The Balaban J connectivity index is 1.86. The van der Waals surface area contributed by atoms with Crippen LogP contribution in [0.1, 0.15) is 47.9 Å². The normalized spacial score (nSPS) is 16.5. The van der Waals surface area contributed by atoms with Gasteiger partial charge in [-0.25, -0.2) is 9.82 Å². The summed E-state index contributed by atoms with van der Waals surface area (Å²) in [6.07, 6.45) is 3.91. The maximum atomic E-state index is 13.7. The number of nitrogens with two attached hydrogens (primary N) is 1. The molecule has 0 aromatic heterocycles. The highest BCUT2D eigenvalue weighted by molar-refractivity contribution is 9.10. The Morgan fingerprint density at radius 2 is 1.76 bits per heavy atom. The minimum absolute atomic E-state index is 0.206. The van der Waals surface area contributed by atoms with E-state index in [1.165, 1.54) is 30.9 Å². The predicted octanol–water partition coefficient (Wildman–Crippen LogP) is 4.41. The van der Waals surface area contributed by atoms with E-state index in [-0.39, 0.29) is 11.9 Å². The first-order valence-electron chi connectivity index (χ1n) is 7.20. The molecule has 0 saturated heterocycles. The van der Waals surface area contributed by atoms with Gasteiger partial charge in [-0.1, -0.05) is 36.8 Å². The Morgan fingerprint density at radius 1 is 1.10 bits per heavy atom. The lowest BCUT2D eigenvalue weighted by Crippen LogP contribution is -2.29. The molecule has 1 aliphatic carbocycles. The summed E-state index contributed by atoms with van der Waals surface area (Å²) in [5, 5.41) is 0. The molecule has 1 fully saturated rings. The number of hydrogen-bond acceptors (Lipinski definition) is 2. The van der Waals surface area contributed by atoms with Crippen molar-refractivity contribution in [3.8, 4) is 0 Å². The van der Waals surface area contributed by atoms with Crippen molar-refractivity contribution in [1.82, 2.24) is 5.43 Å². The van der Waals surface area contributed by atoms with Crippen LogP contribution >= 0.6 is 15.9 Å².